The van der Waals surface area contributed by atoms with Crippen LogP contribution in [0.2, 0.25) is 0 Å². The number of fused-ring (bicyclic) bond motifs is 3. The van der Waals surface area contributed by atoms with Crippen molar-refractivity contribution < 1.29 is 38.3 Å². The van der Waals surface area contributed by atoms with Gasteiger partial charge in [-0.15, -0.1) is 11.3 Å². The lowest BCUT2D eigenvalue weighted by molar-refractivity contribution is -0.147. The molecule has 510 valence electrons. The minimum absolute atomic E-state index is 0.0162. The number of unbranched alkanes of at least 4 members (excludes halogenated alkanes) is 6. The van der Waals surface area contributed by atoms with Gasteiger partial charge in [0.15, 0.2) is 5.82 Å². The van der Waals surface area contributed by atoms with Gasteiger partial charge in [0.25, 0.3) is 5.91 Å². The number of likely N-dealkylation sites (tertiary alicyclic amines) is 3. The van der Waals surface area contributed by atoms with Gasteiger partial charge in [-0.3, -0.25) is 24.0 Å². The smallest absolute Gasteiger partial charge is 0.251 e. The Morgan fingerprint density at radius 3 is 2.18 bits per heavy atom. The number of piperidine rings is 2. The van der Waals surface area contributed by atoms with Gasteiger partial charge in [0.1, 0.15) is 23.4 Å². The van der Waals surface area contributed by atoms with Crippen molar-refractivity contribution in [2.75, 3.05) is 49.5 Å². The SMILES string of the molecule is Cc1cc(F)c(Nc2nc(-c3ccc4c(c3)N(C3CC(N5CCCCC5)C3)C(=O)C43CCN(C(=O)CCCCCCCCCON[C@H](C(=O)N4C[C@H](O)C[C@H]4C(=O)N[C@@H](C)c4ccc(-c5scnc5C)cc4)C(C)(C)C)CC3)cc3ncn(C(C)C)c23)cc1C(=O)NC(C)C. The standard InChI is InChI=1S/C74H99FN12O7S/c1-45(2)78-69(90)56-40-60(58(75)35-47(56)5)81-68-65-61(76-43-86(65)46(3)4)41-59(80-68)52-26-27-57-62(36-52)87(54-37-53(38-54)83-30-18-16-19-31-83)72(93)74(57)28-32-84(33-29-74)64(89)21-17-14-12-11-13-15-20-34-94-82-67(73(8,9)10)71(92)85-42-55(88)39-63(85)70(91)79-48(6)50-22-24-51(25-23-50)66-49(7)77-44-95-66/h22-27,35-36,40-41,43-46,48,53-55,63,67,82,88H,11-21,28-34,37-39,42H2,1-10H3,(H,78,90)(H,79,91)(H,80,81)/t48-,53?,54?,55+,63-,67+/m0/s1. The lowest BCUT2D eigenvalue weighted by Crippen LogP contribution is -2.58. The van der Waals surface area contributed by atoms with Crippen LogP contribution in [0.25, 0.3) is 32.7 Å². The van der Waals surface area contributed by atoms with E-state index in [2.05, 4.69) is 62.2 Å². The highest BCUT2D eigenvalue weighted by molar-refractivity contribution is 7.13. The van der Waals surface area contributed by atoms with E-state index < -0.39 is 34.8 Å². The van der Waals surface area contributed by atoms with E-state index in [0.29, 0.717) is 78.7 Å². The van der Waals surface area contributed by atoms with Crippen molar-refractivity contribution in [1.82, 2.24) is 50.3 Å². The minimum Gasteiger partial charge on any atom is -0.391 e. The van der Waals surface area contributed by atoms with Gasteiger partial charge in [0.05, 0.1) is 63.5 Å². The topological polar surface area (TPSA) is 219 Å². The molecule has 95 heavy (non-hydrogen) atoms. The summed E-state index contributed by atoms with van der Waals surface area (Å²) >= 11 is 1.59. The number of carbonyl (C=O) groups is 5. The van der Waals surface area contributed by atoms with Crippen LogP contribution in [0.5, 0.6) is 0 Å². The van der Waals surface area contributed by atoms with Crippen LogP contribution in [-0.2, 0) is 29.4 Å². The van der Waals surface area contributed by atoms with Crippen LogP contribution in [0, 0.1) is 25.1 Å². The summed E-state index contributed by atoms with van der Waals surface area (Å²) in [6.45, 7) is 23.1. The Labute approximate surface area is 563 Å². The average Bonchev–Trinajstić information content (AvgIpc) is 1.56. The van der Waals surface area contributed by atoms with Gasteiger partial charge < -0.3 is 50.1 Å². The van der Waals surface area contributed by atoms with E-state index in [9.17, 15) is 24.3 Å². The number of β-amino-alcohol motifs (C(OH)–C–C–N with tert-alkyl or cyclic N) is 1. The molecule has 5 amide bonds. The summed E-state index contributed by atoms with van der Waals surface area (Å²) in [5, 5.41) is 20.1. The first-order chi connectivity index (χ1) is 45.5. The predicted octanol–water partition coefficient (Wildman–Crippen LogP) is 12.6. The number of hydroxylamine groups is 1. The summed E-state index contributed by atoms with van der Waals surface area (Å²) < 4.78 is 18.0. The first kappa shape index (κ1) is 69.2. The molecular weight excluding hydrogens is 1220 g/mol. The quantitative estimate of drug-likeness (QED) is 0.0266. The molecule has 1 aliphatic carbocycles. The molecule has 1 saturated carbocycles. The molecule has 0 radical (unpaired) electrons. The van der Waals surface area contributed by atoms with Gasteiger partial charge in [-0.2, -0.15) is 5.48 Å². The molecule has 7 heterocycles. The van der Waals surface area contributed by atoms with Gasteiger partial charge in [-0.1, -0.05) is 95.7 Å². The van der Waals surface area contributed by atoms with E-state index in [4.69, 9.17) is 14.8 Å². The Balaban J connectivity index is 0.663. The molecule has 3 aromatic heterocycles. The molecule has 19 nitrogen and oxygen atoms in total. The van der Waals surface area contributed by atoms with Crippen molar-refractivity contribution in [3.63, 3.8) is 0 Å². The van der Waals surface area contributed by atoms with Crippen LogP contribution >= 0.6 is 11.3 Å². The molecule has 1 spiro atoms. The molecule has 11 rings (SSSR count). The van der Waals surface area contributed by atoms with Gasteiger partial charge in [0.2, 0.25) is 23.6 Å². The highest BCUT2D eigenvalue weighted by atomic mass is 32.1. The van der Waals surface area contributed by atoms with Crippen LogP contribution in [0.15, 0.2) is 72.5 Å². The second-order valence-corrected chi connectivity index (χ2v) is 30.0. The first-order valence-electron chi connectivity index (χ1n) is 34.9. The van der Waals surface area contributed by atoms with Crippen molar-refractivity contribution in [2.45, 2.75) is 226 Å². The number of benzene rings is 3. The molecule has 3 aromatic carbocycles. The number of amides is 5. The van der Waals surface area contributed by atoms with Gasteiger partial charge in [-0.05, 0) is 165 Å². The molecule has 0 unspecified atom stereocenters. The van der Waals surface area contributed by atoms with E-state index in [1.54, 1.807) is 30.7 Å². The van der Waals surface area contributed by atoms with Gasteiger partial charge in [-0.25, -0.2) is 19.3 Å². The maximum Gasteiger partial charge on any atom is 0.251 e. The number of rotatable bonds is 25. The zero-order valence-corrected chi connectivity index (χ0v) is 58.2. The summed E-state index contributed by atoms with van der Waals surface area (Å²) in [7, 11) is 0. The number of aromatic nitrogens is 4. The number of thiazole rings is 1. The number of nitrogens with zero attached hydrogens (tertiary/aromatic N) is 8. The molecular formula is C74H99FN12O7S. The first-order valence-corrected chi connectivity index (χ1v) is 35.8. The summed E-state index contributed by atoms with van der Waals surface area (Å²) in [6.07, 6.45) is 14.8. The van der Waals surface area contributed by atoms with Crippen molar-refractivity contribution >= 4 is 69.1 Å². The van der Waals surface area contributed by atoms with Crippen LogP contribution in [0.1, 0.15) is 203 Å². The summed E-state index contributed by atoms with van der Waals surface area (Å²) in [5.74, 6) is -0.729. The highest BCUT2D eigenvalue weighted by Gasteiger charge is 2.56. The second kappa shape index (κ2) is 29.7. The molecule has 6 aromatic rings. The monoisotopic (exact) mass is 1320 g/mol. The second-order valence-electron chi connectivity index (χ2n) is 29.1. The zero-order chi connectivity index (χ0) is 67.5. The van der Waals surface area contributed by atoms with E-state index in [-0.39, 0.29) is 72.4 Å². The number of aliphatic hydroxyl groups excluding tert-OH is 1. The van der Waals surface area contributed by atoms with E-state index in [1.807, 2.05) is 99.8 Å². The van der Waals surface area contributed by atoms with Crippen LogP contribution in [0.4, 0.5) is 21.6 Å². The van der Waals surface area contributed by atoms with Crippen molar-refractivity contribution in [1.29, 1.82) is 0 Å². The lowest BCUT2D eigenvalue weighted by atomic mass is 9.73. The Hall–Kier alpha value is -7.17. The fraction of sp³-hybridized carbons (Fsp3) is 0.568. The fourth-order valence-corrected chi connectivity index (χ4v) is 15.7. The number of carbonyl (C=O) groups excluding carboxylic acids is 5. The fourth-order valence-electron chi connectivity index (χ4n) is 14.9. The summed E-state index contributed by atoms with van der Waals surface area (Å²) in [5.41, 5.74) is 12.3. The normalized spacial score (nSPS) is 20.4. The number of aliphatic hydroxyl groups is 1. The summed E-state index contributed by atoms with van der Waals surface area (Å²) in [4.78, 5) is 100. The van der Waals surface area contributed by atoms with E-state index in [1.165, 1.54) is 30.2 Å². The van der Waals surface area contributed by atoms with Gasteiger partial charge >= 0.3 is 0 Å². The van der Waals surface area contributed by atoms with Crippen LogP contribution in [-0.4, -0.2) is 145 Å². The Morgan fingerprint density at radius 2 is 1.51 bits per heavy atom. The Kier molecular flexibility index (Phi) is 21.6. The number of halogens is 1. The molecule has 0 bridgehead atoms. The largest absolute Gasteiger partial charge is 0.391 e. The number of hydrogen-bond donors (Lipinski definition) is 5. The van der Waals surface area contributed by atoms with Crippen molar-refractivity contribution in [3.05, 3.63) is 106 Å². The average molecular weight is 1320 g/mol. The molecule has 3 saturated heterocycles. The molecule has 21 heteroatoms. The van der Waals surface area contributed by atoms with Crippen molar-refractivity contribution in [3.8, 4) is 21.7 Å². The Morgan fingerprint density at radius 1 is 0.811 bits per heavy atom. The number of anilines is 3. The highest BCUT2D eigenvalue weighted by Crippen LogP contribution is 2.52. The van der Waals surface area contributed by atoms with E-state index >= 15 is 9.18 Å². The maximum atomic E-state index is 16.0. The van der Waals surface area contributed by atoms with Crippen LogP contribution < -0.4 is 26.3 Å². The zero-order valence-electron chi connectivity index (χ0n) is 57.4. The third kappa shape index (κ3) is 15.2. The predicted molar refractivity (Wildman–Crippen MR) is 372 cm³/mol. The molecule has 4 fully saturated rings. The number of pyridine rings is 1. The van der Waals surface area contributed by atoms with Crippen LogP contribution in [0.3, 0.4) is 0 Å². The number of nitrogens with one attached hydrogen (secondary N) is 4. The molecule has 4 atom stereocenters. The molecule has 5 N–H and O–H groups in total. The third-order valence-corrected chi connectivity index (χ3v) is 21.4. The molecule has 5 aliphatic rings. The number of aryl methyl sites for hydroxylation is 2. The minimum atomic E-state index is -0.818. The third-order valence-electron chi connectivity index (χ3n) is 20.5. The Bertz CT molecular complexity index is 3730. The van der Waals surface area contributed by atoms with Crippen molar-refractivity contribution in [2.24, 2.45) is 5.41 Å². The van der Waals surface area contributed by atoms with Gasteiger partial charge in [0, 0.05) is 73.5 Å². The maximum absolute atomic E-state index is 16.0. The van der Waals surface area contributed by atoms with E-state index in [0.717, 1.165) is 109 Å². The summed E-state index contributed by atoms with van der Waals surface area (Å²) in [6, 6.07) is 17.7. The lowest BCUT2D eigenvalue weighted by Gasteiger charge is -2.48. The number of imidazole rings is 1. The number of hydrogen-bond acceptors (Lipinski definition) is 14. The molecule has 4 aliphatic heterocycles.